The van der Waals surface area contributed by atoms with E-state index in [0.29, 0.717) is 13.2 Å². The van der Waals surface area contributed by atoms with Gasteiger partial charge in [-0.1, -0.05) is 0 Å². The number of hydrazine groups is 1. The van der Waals surface area contributed by atoms with Crippen molar-refractivity contribution in [2.45, 2.75) is 12.8 Å². The molecule has 0 aromatic heterocycles. The minimum absolute atomic E-state index is 0.616. The Morgan fingerprint density at radius 2 is 2.18 bits per heavy atom. The number of ether oxygens (including phenoxy) is 1. The van der Waals surface area contributed by atoms with Crippen LogP contribution < -0.4 is 11.3 Å². The Hall–Kier alpha value is -0.850. The topological polar surface area (TPSA) is 66.1 Å². The molecule has 0 aromatic carbocycles. The molecule has 0 amide bonds. The van der Waals surface area contributed by atoms with Crippen LogP contribution >= 0.6 is 0 Å². The van der Waals surface area contributed by atoms with E-state index in [1.807, 2.05) is 11.9 Å². The minimum atomic E-state index is 0.616. The summed E-state index contributed by atoms with van der Waals surface area (Å²) in [6, 6.07) is 0. The Morgan fingerprint density at radius 3 is 2.76 bits per heavy atom. The molecule has 6 heteroatoms. The van der Waals surface area contributed by atoms with Gasteiger partial charge in [0.05, 0.1) is 13.2 Å². The summed E-state index contributed by atoms with van der Waals surface area (Å²) in [5.41, 5.74) is 2.64. The standard InChI is InChI=1S/C11H25N5O/c1-15(8-9-16-6-3-4-7-16)11(14-12)13-5-10-17-2/h3-10,12H2,1-2H3,(H,13,14). The Balaban J connectivity index is 2.26. The maximum atomic E-state index is 5.46. The number of nitrogens with one attached hydrogen (secondary N) is 1. The van der Waals surface area contributed by atoms with E-state index < -0.39 is 0 Å². The van der Waals surface area contributed by atoms with Crippen LogP contribution in [-0.2, 0) is 4.74 Å². The van der Waals surface area contributed by atoms with Crippen LogP contribution in [0.3, 0.4) is 0 Å². The molecule has 0 atom stereocenters. The summed E-state index contributed by atoms with van der Waals surface area (Å²) >= 11 is 0. The van der Waals surface area contributed by atoms with E-state index in [-0.39, 0.29) is 0 Å². The van der Waals surface area contributed by atoms with Crippen LogP contribution in [0.5, 0.6) is 0 Å². The van der Waals surface area contributed by atoms with E-state index in [9.17, 15) is 0 Å². The second-order valence-corrected chi connectivity index (χ2v) is 4.31. The molecule has 1 fully saturated rings. The SMILES string of the molecule is COCCN=C(NN)N(C)CCN1CCCC1. The van der Waals surface area contributed by atoms with Crippen molar-refractivity contribution in [3.63, 3.8) is 0 Å². The lowest BCUT2D eigenvalue weighted by Crippen LogP contribution is -2.45. The molecule has 0 radical (unpaired) electrons. The molecule has 6 nitrogen and oxygen atoms in total. The van der Waals surface area contributed by atoms with Gasteiger partial charge < -0.3 is 14.5 Å². The van der Waals surface area contributed by atoms with Gasteiger partial charge >= 0.3 is 0 Å². The van der Waals surface area contributed by atoms with E-state index in [1.165, 1.54) is 25.9 Å². The van der Waals surface area contributed by atoms with Gasteiger partial charge in [-0.25, -0.2) is 10.8 Å². The zero-order valence-electron chi connectivity index (χ0n) is 11.0. The van der Waals surface area contributed by atoms with Crippen LogP contribution in [0, 0.1) is 0 Å². The highest BCUT2D eigenvalue weighted by Crippen LogP contribution is 2.06. The molecule has 0 spiro atoms. The highest BCUT2D eigenvalue weighted by molar-refractivity contribution is 5.79. The maximum Gasteiger partial charge on any atom is 0.208 e. The lowest BCUT2D eigenvalue weighted by Gasteiger charge is -2.23. The molecule has 1 heterocycles. The van der Waals surface area contributed by atoms with Crippen LogP contribution in [0.15, 0.2) is 4.99 Å². The van der Waals surface area contributed by atoms with Crippen LogP contribution in [-0.4, -0.2) is 69.2 Å². The second-order valence-electron chi connectivity index (χ2n) is 4.31. The molecule has 1 aliphatic rings. The van der Waals surface area contributed by atoms with Gasteiger partial charge in [0.1, 0.15) is 0 Å². The number of rotatable bonds is 6. The number of likely N-dealkylation sites (N-methyl/N-ethyl adjacent to an activating group) is 1. The van der Waals surface area contributed by atoms with Crippen LogP contribution in [0.2, 0.25) is 0 Å². The molecule has 0 bridgehead atoms. The van der Waals surface area contributed by atoms with Crippen molar-refractivity contribution >= 4 is 5.96 Å². The van der Waals surface area contributed by atoms with Gasteiger partial charge in [-0.3, -0.25) is 5.43 Å². The molecule has 0 aliphatic carbocycles. The number of hydrogen-bond donors (Lipinski definition) is 2. The zero-order chi connectivity index (χ0) is 12.5. The molecule has 100 valence electrons. The monoisotopic (exact) mass is 243 g/mol. The van der Waals surface area contributed by atoms with Crippen molar-refractivity contribution in [1.82, 2.24) is 15.2 Å². The highest BCUT2D eigenvalue weighted by Gasteiger charge is 2.12. The average molecular weight is 243 g/mol. The third kappa shape index (κ3) is 5.34. The Labute approximate surface area is 104 Å². The number of methoxy groups -OCH3 is 1. The van der Waals surface area contributed by atoms with Crippen LogP contribution in [0.4, 0.5) is 0 Å². The molecule has 3 N–H and O–H groups in total. The van der Waals surface area contributed by atoms with Gasteiger partial charge in [0.2, 0.25) is 5.96 Å². The van der Waals surface area contributed by atoms with Crippen molar-refractivity contribution in [1.29, 1.82) is 0 Å². The third-order valence-electron chi connectivity index (χ3n) is 3.00. The van der Waals surface area contributed by atoms with E-state index >= 15 is 0 Å². The predicted molar refractivity (Wildman–Crippen MR) is 69.8 cm³/mol. The largest absolute Gasteiger partial charge is 0.383 e. The Bertz CT molecular complexity index is 228. The summed E-state index contributed by atoms with van der Waals surface area (Å²) in [4.78, 5) is 8.86. The lowest BCUT2D eigenvalue weighted by molar-refractivity contribution is 0.207. The molecule has 1 saturated heterocycles. The first-order valence-electron chi connectivity index (χ1n) is 6.21. The third-order valence-corrected chi connectivity index (χ3v) is 3.00. The summed E-state index contributed by atoms with van der Waals surface area (Å²) in [7, 11) is 3.67. The number of hydrogen-bond acceptors (Lipinski definition) is 4. The van der Waals surface area contributed by atoms with Gasteiger partial charge in [-0.05, 0) is 25.9 Å². The fraction of sp³-hybridized carbons (Fsp3) is 0.909. The zero-order valence-corrected chi connectivity index (χ0v) is 11.0. The summed E-state index contributed by atoms with van der Waals surface area (Å²) in [5.74, 6) is 6.19. The van der Waals surface area contributed by atoms with Gasteiger partial charge in [0.15, 0.2) is 0 Å². The highest BCUT2D eigenvalue weighted by atomic mass is 16.5. The number of aliphatic imine (C=N–C) groups is 1. The molecule has 0 aromatic rings. The second kappa shape index (κ2) is 8.27. The number of nitrogens with zero attached hydrogens (tertiary/aromatic N) is 3. The molecule has 0 saturated carbocycles. The first kappa shape index (κ1) is 14.2. The van der Waals surface area contributed by atoms with E-state index in [4.69, 9.17) is 10.6 Å². The number of guanidine groups is 1. The molecular formula is C11H25N5O. The predicted octanol–water partition coefficient (Wildman–Crippen LogP) is -0.520. The van der Waals surface area contributed by atoms with Crippen molar-refractivity contribution in [2.24, 2.45) is 10.8 Å². The molecule has 1 rings (SSSR count). The fourth-order valence-electron chi connectivity index (χ4n) is 1.92. The fourth-order valence-corrected chi connectivity index (χ4v) is 1.92. The Morgan fingerprint density at radius 1 is 1.47 bits per heavy atom. The van der Waals surface area contributed by atoms with Crippen molar-refractivity contribution < 1.29 is 4.74 Å². The number of nitrogens with two attached hydrogens (primary N) is 1. The summed E-state index contributed by atoms with van der Waals surface area (Å²) in [6.45, 7) is 5.70. The first-order valence-corrected chi connectivity index (χ1v) is 6.21. The van der Waals surface area contributed by atoms with Gasteiger partial charge in [0.25, 0.3) is 0 Å². The van der Waals surface area contributed by atoms with Crippen LogP contribution in [0.1, 0.15) is 12.8 Å². The lowest BCUT2D eigenvalue weighted by atomic mass is 10.4. The van der Waals surface area contributed by atoms with Gasteiger partial charge in [-0.15, -0.1) is 0 Å². The van der Waals surface area contributed by atoms with Gasteiger partial charge in [-0.2, -0.15) is 0 Å². The number of likely N-dealkylation sites (tertiary alicyclic amines) is 1. The van der Waals surface area contributed by atoms with Crippen molar-refractivity contribution in [3.8, 4) is 0 Å². The van der Waals surface area contributed by atoms with Gasteiger partial charge in [0, 0.05) is 27.2 Å². The minimum Gasteiger partial charge on any atom is -0.383 e. The molecule has 17 heavy (non-hydrogen) atoms. The average Bonchev–Trinajstić information content (AvgIpc) is 2.85. The van der Waals surface area contributed by atoms with Crippen LogP contribution in [0.25, 0.3) is 0 Å². The molecular weight excluding hydrogens is 218 g/mol. The normalized spacial score (nSPS) is 17.5. The maximum absolute atomic E-state index is 5.46. The van der Waals surface area contributed by atoms with E-state index in [2.05, 4.69) is 15.3 Å². The summed E-state index contributed by atoms with van der Waals surface area (Å²) < 4.78 is 4.96. The molecule has 1 aliphatic heterocycles. The smallest absolute Gasteiger partial charge is 0.208 e. The summed E-state index contributed by atoms with van der Waals surface area (Å²) in [6.07, 6.45) is 2.65. The Kier molecular flexibility index (Phi) is 6.91. The molecule has 0 unspecified atom stereocenters. The quantitative estimate of drug-likeness (QED) is 0.216. The van der Waals surface area contributed by atoms with E-state index in [1.54, 1.807) is 7.11 Å². The van der Waals surface area contributed by atoms with Crippen molar-refractivity contribution in [2.75, 3.05) is 53.5 Å². The summed E-state index contributed by atoms with van der Waals surface area (Å²) in [5, 5.41) is 0. The first-order chi connectivity index (χ1) is 8.27. The van der Waals surface area contributed by atoms with E-state index in [0.717, 1.165) is 19.0 Å². The van der Waals surface area contributed by atoms with Crippen molar-refractivity contribution in [3.05, 3.63) is 0 Å².